The monoisotopic (exact) mass is 191 g/mol. The van der Waals surface area contributed by atoms with Crippen LogP contribution < -0.4 is 5.32 Å². The van der Waals surface area contributed by atoms with Crippen LogP contribution in [-0.4, -0.2) is 11.9 Å². The maximum atomic E-state index is 11.7. The van der Waals surface area contributed by atoms with Gasteiger partial charge in [-0.15, -0.1) is 0 Å². The van der Waals surface area contributed by atoms with Gasteiger partial charge in [0.15, 0.2) is 0 Å². The molecule has 0 aliphatic carbocycles. The maximum Gasteiger partial charge on any atom is 0.251 e. The van der Waals surface area contributed by atoms with E-state index in [-0.39, 0.29) is 5.91 Å². The van der Waals surface area contributed by atoms with Crippen LogP contribution in [0.3, 0.4) is 0 Å². The Hall–Kier alpha value is -1.31. The van der Waals surface area contributed by atoms with Crippen molar-refractivity contribution in [3.63, 3.8) is 0 Å². The van der Waals surface area contributed by atoms with Crippen LogP contribution in [0, 0.1) is 0 Å². The molecule has 1 N–H and O–H groups in total. The molecule has 2 nitrogen and oxygen atoms in total. The van der Waals surface area contributed by atoms with E-state index >= 15 is 0 Å². The fourth-order valence-electron chi connectivity index (χ4n) is 1.35. The minimum Gasteiger partial charge on any atom is -0.349 e. The van der Waals surface area contributed by atoms with Crippen molar-refractivity contribution in [3.05, 3.63) is 35.9 Å². The predicted molar refractivity (Wildman–Crippen MR) is 58.3 cm³/mol. The molecule has 0 saturated carbocycles. The Labute approximate surface area is 85.3 Å². The lowest BCUT2D eigenvalue weighted by Crippen LogP contribution is -2.33. The lowest BCUT2D eigenvalue weighted by molar-refractivity contribution is 0.0935. The molecular weight excluding hydrogens is 174 g/mol. The molecule has 1 amide bonds. The zero-order valence-corrected chi connectivity index (χ0v) is 8.79. The lowest BCUT2D eigenvalue weighted by atomic mass is 10.1. The molecule has 2 heteroatoms. The van der Waals surface area contributed by atoms with Crippen molar-refractivity contribution in [2.24, 2.45) is 0 Å². The number of benzene rings is 1. The van der Waals surface area contributed by atoms with Crippen LogP contribution in [0.5, 0.6) is 0 Å². The van der Waals surface area contributed by atoms with E-state index in [1.807, 2.05) is 30.3 Å². The molecule has 0 aliphatic heterocycles. The Morgan fingerprint density at radius 1 is 1.21 bits per heavy atom. The SMILES string of the molecule is CCC(CC)NC(=O)c1ccccc1. The second-order valence-corrected chi connectivity index (χ2v) is 3.35. The number of carbonyl (C=O) groups is 1. The molecule has 0 spiro atoms. The highest BCUT2D eigenvalue weighted by Crippen LogP contribution is 2.01. The van der Waals surface area contributed by atoms with E-state index < -0.39 is 0 Å². The molecule has 76 valence electrons. The first-order valence-electron chi connectivity index (χ1n) is 5.13. The van der Waals surface area contributed by atoms with Gasteiger partial charge in [0.2, 0.25) is 0 Å². The van der Waals surface area contributed by atoms with E-state index in [9.17, 15) is 4.79 Å². The number of amides is 1. The summed E-state index contributed by atoms with van der Waals surface area (Å²) < 4.78 is 0. The summed E-state index contributed by atoms with van der Waals surface area (Å²) >= 11 is 0. The van der Waals surface area contributed by atoms with E-state index in [0.29, 0.717) is 6.04 Å². The van der Waals surface area contributed by atoms with Gasteiger partial charge in [-0.3, -0.25) is 4.79 Å². The fraction of sp³-hybridized carbons (Fsp3) is 0.417. The predicted octanol–water partition coefficient (Wildman–Crippen LogP) is 2.61. The Bertz CT molecular complexity index is 278. The van der Waals surface area contributed by atoms with Crippen molar-refractivity contribution in [3.8, 4) is 0 Å². The van der Waals surface area contributed by atoms with Crippen molar-refractivity contribution in [1.29, 1.82) is 0 Å². The summed E-state index contributed by atoms with van der Waals surface area (Å²) in [5.41, 5.74) is 0.736. The second-order valence-electron chi connectivity index (χ2n) is 3.35. The number of hydrogen-bond donors (Lipinski definition) is 1. The fourth-order valence-corrected chi connectivity index (χ4v) is 1.35. The van der Waals surface area contributed by atoms with E-state index in [4.69, 9.17) is 0 Å². The number of hydrogen-bond acceptors (Lipinski definition) is 1. The Morgan fingerprint density at radius 2 is 1.79 bits per heavy atom. The zero-order valence-electron chi connectivity index (χ0n) is 8.79. The van der Waals surface area contributed by atoms with Gasteiger partial charge in [0.1, 0.15) is 0 Å². The quantitative estimate of drug-likeness (QED) is 0.778. The highest BCUT2D eigenvalue weighted by molar-refractivity contribution is 5.94. The summed E-state index contributed by atoms with van der Waals surface area (Å²) in [5.74, 6) is 0.0271. The molecule has 0 aromatic heterocycles. The summed E-state index contributed by atoms with van der Waals surface area (Å²) in [6.45, 7) is 4.17. The molecule has 0 radical (unpaired) electrons. The molecule has 0 saturated heterocycles. The van der Waals surface area contributed by atoms with E-state index in [1.165, 1.54) is 0 Å². The third kappa shape index (κ3) is 2.87. The van der Waals surface area contributed by atoms with Gasteiger partial charge in [0.05, 0.1) is 0 Å². The summed E-state index contributed by atoms with van der Waals surface area (Å²) in [6, 6.07) is 9.62. The molecular formula is C12H17NO. The molecule has 14 heavy (non-hydrogen) atoms. The number of carbonyl (C=O) groups excluding carboxylic acids is 1. The van der Waals surface area contributed by atoms with Gasteiger partial charge in [-0.05, 0) is 25.0 Å². The van der Waals surface area contributed by atoms with Crippen molar-refractivity contribution < 1.29 is 4.79 Å². The van der Waals surface area contributed by atoms with Crippen molar-refractivity contribution in [2.45, 2.75) is 32.7 Å². The van der Waals surface area contributed by atoms with Gasteiger partial charge in [-0.1, -0.05) is 32.0 Å². The first-order valence-corrected chi connectivity index (χ1v) is 5.13. The molecule has 1 aromatic rings. The zero-order chi connectivity index (χ0) is 10.4. The normalized spacial score (nSPS) is 10.2. The number of rotatable bonds is 4. The van der Waals surface area contributed by atoms with Crippen molar-refractivity contribution >= 4 is 5.91 Å². The first kappa shape index (κ1) is 10.8. The van der Waals surface area contributed by atoms with Crippen LogP contribution >= 0.6 is 0 Å². The average molecular weight is 191 g/mol. The minimum atomic E-state index is 0.0271. The Kier molecular flexibility index (Phi) is 4.17. The molecule has 1 aromatic carbocycles. The van der Waals surface area contributed by atoms with Crippen LogP contribution in [0.2, 0.25) is 0 Å². The summed E-state index contributed by atoms with van der Waals surface area (Å²) in [7, 11) is 0. The van der Waals surface area contributed by atoms with Crippen LogP contribution in [0.15, 0.2) is 30.3 Å². The summed E-state index contributed by atoms with van der Waals surface area (Å²) in [5, 5.41) is 2.99. The molecule has 0 aliphatic rings. The van der Waals surface area contributed by atoms with E-state index in [2.05, 4.69) is 19.2 Å². The second kappa shape index (κ2) is 5.43. The van der Waals surface area contributed by atoms with Crippen molar-refractivity contribution in [2.75, 3.05) is 0 Å². The van der Waals surface area contributed by atoms with E-state index in [0.717, 1.165) is 18.4 Å². The average Bonchev–Trinajstić information content (AvgIpc) is 2.26. The molecule has 1 rings (SSSR count). The third-order valence-electron chi connectivity index (χ3n) is 2.36. The van der Waals surface area contributed by atoms with Gasteiger partial charge < -0.3 is 5.32 Å². The third-order valence-corrected chi connectivity index (χ3v) is 2.36. The van der Waals surface area contributed by atoms with Crippen LogP contribution in [0.1, 0.15) is 37.0 Å². The Balaban J connectivity index is 2.59. The van der Waals surface area contributed by atoms with Gasteiger partial charge in [0.25, 0.3) is 5.91 Å². The largest absolute Gasteiger partial charge is 0.349 e. The standard InChI is InChI=1S/C12H17NO/c1-3-11(4-2)13-12(14)10-8-6-5-7-9-10/h5-9,11H,3-4H2,1-2H3,(H,13,14). The van der Waals surface area contributed by atoms with Crippen molar-refractivity contribution in [1.82, 2.24) is 5.32 Å². The van der Waals surface area contributed by atoms with Crippen LogP contribution in [-0.2, 0) is 0 Å². The maximum absolute atomic E-state index is 11.7. The van der Waals surface area contributed by atoms with Gasteiger partial charge >= 0.3 is 0 Å². The Morgan fingerprint density at radius 3 is 2.29 bits per heavy atom. The summed E-state index contributed by atoms with van der Waals surface area (Å²) in [6.07, 6.45) is 1.96. The molecule has 0 atom stereocenters. The molecule has 0 unspecified atom stereocenters. The highest BCUT2D eigenvalue weighted by atomic mass is 16.1. The van der Waals surface area contributed by atoms with Crippen LogP contribution in [0.25, 0.3) is 0 Å². The highest BCUT2D eigenvalue weighted by Gasteiger charge is 2.09. The van der Waals surface area contributed by atoms with Gasteiger partial charge in [-0.25, -0.2) is 0 Å². The van der Waals surface area contributed by atoms with Gasteiger partial charge in [-0.2, -0.15) is 0 Å². The topological polar surface area (TPSA) is 29.1 Å². The smallest absolute Gasteiger partial charge is 0.251 e. The minimum absolute atomic E-state index is 0.0271. The first-order chi connectivity index (χ1) is 6.77. The number of nitrogens with one attached hydrogen (secondary N) is 1. The van der Waals surface area contributed by atoms with Crippen LogP contribution in [0.4, 0.5) is 0 Å². The van der Waals surface area contributed by atoms with E-state index in [1.54, 1.807) is 0 Å². The molecule has 0 bridgehead atoms. The lowest BCUT2D eigenvalue weighted by Gasteiger charge is -2.14. The molecule has 0 fully saturated rings. The van der Waals surface area contributed by atoms with Gasteiger partial charge in [0, 0.05) is 11.6 Å². The molecule has 0 heterocycles. The summed E-state index contributed by atoms with van der Waals surface area (Å²) in [4.78, 5) is 11.7.